The van der Waals surface area contributed by atoms with Crippen molar-refractivity contribution in [3.8, 4) is 17.9 Å². The maximum absolute atomic E-state index is 11.4. The Balaban J connectivity index is 2.17. The van der Waals surface area contributed by atoms with E-state index >= 15 is 0 Å². The normalized spacial score (nSPS) is 10.4. The van der Waals surface area contributed by atoms with Crippen LogP contribution in [0.4, 0.5) is 0 Å². The zero-order valence-electron chi connectivity index (χ0n) is 13.0. The smallest absolute Gasteiger partial charge is 0.348 e. The van der Waals surface area contributed by atoms with Gasteiger partial charge in [-0.15, -0.1) is 0 Å². The minimum atomic E-state index is -0.688. The Kier molecular flexibility index (Phi) is 5.71. The molecule has 0 aliphatic heterocycles. The molecule has 2 aromatic carbocycles. The molecule has 0 bridgehead atoms. The number of rotatable bonds is 5. The van der Waals surface area contributed by atoms with Gasteiger partial charge in [-0.25, -0.2) is 4.79 Å². The van der Waals surface area contributed by atoms with E-state index in [4.69, 9.17) is 15.3 Å². The quantitative estimate of drug-likeness (QED) is 0.480. The number of nitriles is 2. The van der Waals surface area contributed by atoms with Crippen LogP contribution in [0.3, 0.4) is 0 Å². The predicted octanol–water partition coefficient (Wildman–Crippen LogP) is 3.22. The average molecular weight is 318 g/mol. The number of benzene rings is 2. The van der Waals surface area contributed by atoms with Crippen molar-refractivity contribution >= 4 is 12.0 Å². The molecule has 0 N–H and O–H groups in total. The van der Waals surface area contributed by atoms with Gasteiger partial charge in [0.2, 0.25) is 0 Å². The molecule has 2 rings (SSSR count). The van der Waals surface area contributed by atoms with Gasteiger partial charge >= 0.3 is 5.97 Å². The Labute approximate surface area is 140 Å². The fourth-order valence-corrected chi connectivity index (χ4v) is 2.02. The number of carbonyl (C=O) groups excluding carboxylic acids is 1. The van der Waals surface area contributed by atoms with Gasteiger partial charge in [0, 0.05) is 5.56 Å². The van der Waals surface area contributed by atoms with E-state index in [9.17, 15) is 4.79 Å². The molecule has 0 aliphatic carbocycles. The number of esters is 1. The van der Waals surface area contributed by atoms with Crippen LogP contribution in [0.2, 0.25) is 0 Å². The number of methoxy groups -OCH3 is 1. The Morgan fingerprint density at radius 2 is 1.96 bits per heavy atom. The van der Waals surface area contributed by atoms with Crippen molar-refractivity contribution in [1.29, 1.82) is 10.5 Å². The van der Waals surface area contributed by atoms with Crippen LogP contribution in [0.1, 0.15) is 16.7 Å². The number of hydrogen-bond acceptors (Lipinski definition) is 5. The second-order valence-electron chi connectivity index (χ2n) is 4.79. The summed E-state index contributed by atoms with van der Waals surface area (Å²) >= 11 is 0. The van der Waals surface area contributed by atoms with Crippen LogP contribution < -0.4 is 4.74 Å². The maximum Gasteiger partial charge on any atom is 0.348 e. The number of hydrogen-bond donors (Lipinski definition) is 0. The molecule has 0 atom stereocenters. The highest BCUT2D eigenvalue weighted by Crippen LogP contribution is 2.18. The van der Waals surface area contributed by atoms with Crippen LogP contribution in [0.15, 0.2) is 54.1 Å². The summed E-state index contributed by atoms with van der Waals surface area (Å²) < 4.78 is 10.2. The van der Waals surface area contributed by atoms with Gasteiger partial charge in [0.1, 0.15) is 24.0 Å². The largest absolute Gasteiger partial charge is 0.489 e. The molecule has 118 valence electrons. The third-order valence-corrected chi connectivity index (χ3v) is 3.23. The highest BCUT2D eigenvalue weighted by molar-refractivity contribution is 5.97. The molecule has 0 aromatic heterocycles. The number of carbonyl (C=O) groups is 1. The van der Waals surface area contributed by atoms with Gasteiger partial charge < -0.3 is 9.47 Å². The van der Waals surface area contributed by atoms with Gasteiger partial charge in [-0.3, -0.25) is 0 Å². The third-order valence-electron chi connectivity index (χ3n) is 3.23. The van der Waals surface area contributed by atoms with Crippen LogP contribution in [0.5, 0.6) is 5.75 Å². The van der Waals surface area contributed by atoms with Gasteiger partial charge in [-0.2, -0.15) is 10.5 Å². The molecule has 0 spiro atoms. The van der Waals surface area contributed by atoms with E-state index in [0.717, 1.165) is 5.56 Å². The summed E-state index contributed by atoms with van der Waals surface area (Å²) in [6.07, 6.45) is 1.43. The molecule has 24 heavy (non-hydrogen) atoms. The van der Waals surface area contributed by atoms with E-state index in [-0.39, 0.29) is 12.2 Å². The minimum absolute atomic E-state index is 0.0931. The van der Waals surface area contributed by atoms with E-state index in [0.29, 0.717) is 16.9 Å². The lowest BCUT2D eigenvalue weighted by Crippen LogP contribution is -2.02. The van der Waals surface area contributed by atoms with Gasteiger partial charge in [0.15, 0.2) is 0 Å². The summed E-state index contributed by atoms with van der Waals surface area (Å²) in [6.45, 7) is 0.249. The van der Waals surface area contributed by atoms with Gasteiger partial charge in [-0.1, -0.05) is 30.3 Å². The molecular weight excluding hydrogens is 304 g/mol. The molecular formula is C19H14N2O3. The number of nitrogens with zero attached hydrogens (tertiary/aromatic N) is 2. The Morgan fingerprint density at radius 1 is 1.17 bits per heavy atom. The van der Waals surface area contributed by atoms with Gasteiger partial charge in [-0.05, 0) is 29.8 Å². The zero-order valence-corrected chi connectivity index (χ0v) is 13.0. The van der Waals surface area contributed by atoms with E-state index in [1.165, 1.54) is 13.2 Å². The first-order chi connectivity index (χ1) is 11.7. The van der Waals surface area contributed by atoms with Crippen LogP contribution in [0, 0.1) is 22.7 Å². The SMILES string of the molecule is COC(=O)/C(C#N)=C/c1cccc(OCc2ccccc2C#N)c1. The molecule has 5 nitrogen and oxygen atoms in total. The standard InChI is InChI=1S/C19H14N2O3/c1-23-19(22)17(12-21)9-14-5-4-8-18(10-14)24-13-16-7-3-2-6-15(16)11-20/h2-10H,13H2,1H3/b17-9+. The minimum Gasteiger partial charge on any atom is -0.489 e. The van der Waals surface area contributed by atoms with E-state index in [2.05, 4.69) is 10.8 Å². The lowest BCUT2D eigenvalue weighted by Gasteiger charge is -2.08. The average Bonchev–Trinajstić information content (AvgIpc) is 2.64. The lowest BCUT2D eigenvalue weighted by molar-refractivity contribution is -0.135. The Morgan fingerprint density at radius 3 is 2.67 bits per heavy atom. The molecule has 5 heteroatoms. The third kappa shape index (κ3) is 4.22. The molecule has 0 amide bonds. The van der Waals surface area contributed by atoms with Crippen molar-refractivity contribution in [3.05, 3.63) is 70.8 Å². The van der Waals surface area contributed by atoms with Crippen LogP contribution in [-0.2, 0) is 16.1 Å². The number of ether oxygens (including phenoxy) is 2. The second kappa shape index (κ2) is 8.17. The molecule has 0 fully saturated rings. The van der Waals surface area contributed by atoms with Crippen LogP contribution >= 0.6 is 0 Å². The summed E-state index contributed by atoms with van der Waals surface area (Å²) in [7, 11) is 1.22. The lowest BCUT2D eigenvalue weighted by atomic mass is 10.1. The first kappa shape index (κ1) is 16.8. The first-order valence-corrected chi connectivity index (χ1v) is 7.09. The molecule has 0 heterocycles. The highest BCUT2D eigenvalue weighted by atomic mass is 16.5. The summed E-state index contributed by atoms with van der Waals surface area (Å²) in [5.41, 5.74) is 1.90. The topological polar surface area (TPSA) is 83.1 Å². The summed E-state index contributed by atoms with van der Waals surface area (Å²) in [4.78, 5) is 11.4. The fraction of sp³-hybridized carbons (Fsp3) is 0.105. The van der Waals surface area contributed by atoms with Crippen molar-refractivity contribution in [3.63, 3.8) is 0 Å². The van der Waals surface area contributed by atoms with E-state index in [1.54, 1.807) is 42.5 Å². The summed E-state index contributed by atoms with van der Waals surface area (Å²) in [5, 5.41) is 18.1. The van der Waals surface area contributed by atoms with Gasteiger partial charge in [0.05, 0.1) is 18.7 Å². The monoisotopic (exact) mass is 318 g/mol. The second-order valence-corrected chi connectivity index (χ2v) is 4.79. The highest BCUT2D eigenvalue weighted by Gasteiger charge is 2.09. The molecule has 0 radical (unpaired) electrons. The molecule has 2 aromatic rings. The fourth-order valence-electron chi connectivity index (χ4n) is 2.02. The molecule has 0 unspecified atom stereocenters. The Bertz CT molecular complexity index is 857. The summed E-state index contributed by atoms with van der Waals surface area (Å²) in [5.74, 6) is -0.120. The first-order valence-electron chi connectivity index (χ1n) is 7.09. The van der Waals surface area contributed by atoms with Crippen LogP contribution in [-0.4, -0.2) is 13.1 Å². The molecule has 0 saturated carbocycles. The van der Waals surface area contributed by atoms with E-state index in [1.807, 2.05) is 12.1 Å². The maximum atomic E-state index is 11.4. The molecule has 0 aliphatic rings. The predicted molar refractivity (Wildman–Crippen MR) is 87.5 cm³/mol. The zero-order chi connectivity index (χ0) is 17.4. The van der Waals surface area contributed by atoms with Crippen molar-refractivity contribution in [2.75, 3.05) is 7.11 Å². The summed E-state index contributed by atoms with van der Waals surface area (Å²) in [6, 6.07) is 18.1. The van der Waals surface area contributed by atoms with Crippen molar-refractivity contribution < 1.29 is 14.3 Å². The molecule has 0 saturated heterocycles. The van der Waals surface area contributed by atoms with Crippen molar-refractivity contribution in [2.24, 2.45) is 0 Å². The van der Waals surface area contributed by atoms with Crippen LogP contribution in [0.25, 0.3) is 6.08 Å². The van der Waals surface area contributed by atoms with Gasteiger partial charge in [0.25, 0.3) is 0 Å². The Hall–Kier alpha value is -3.57. The van der Waals surface area contributed by atoms with E-state index < -0.39 is 5.97 Å². The van der Waals surface area contributed by atoms with Crippen molar-refractivity contribution in [2.45, 2.75) is 6.61 Å². The van der Waals surface area contributed by atoms with Crippen molar-refractivity contribution in [1.82, 2.24) is 0 Å².